The zero-order valence-electron chi connectivity index (χ0n) is 15.3. The highest BCUT2D eigenvalue weighted by atomic mass is 16.5. The van der Waals surface area contributed by atoms with E-state index in [1.807, 2.05) is 6.92 Å². The number of methoxy groups -OCH3 is 1. The van der Waals surface area contributed by atoms with E-state index >= 15 is 0 Å². The maximum atomic E-state index is 12.5. The highest BCUT2D eigenvalue weighted by Gasteiger charge is 2.29. The largest absolute Gasteiger partial charge is 0.508 e. The van der Waals surface area contributed by atoms with Gasteiger partial charge in [-0.2, -0.15) is 0 Å². The first-order valence-corrected chi connectivity index (χ1v) is 8.47. The van der Waals surface area contributed by atoms with E-state index in [0.717, 1.165) is 0 Å². The van der Waals surface area contributed by atoms with E-state index in [2.05, 4.69) is 5.32 Å². The fraction of sp³-hybridized carbons (Fsp3) is 0.556. The summed E-state index contributed by atoms with van der Waals surface area (Å²) in [7, 11) is 5.01. The molecule has 0 bridgehead atoms. The van der Waals surface area contributed by atoms with Gasteiger partial charge in [-0.1, -0.05) is 0 Å². The molecule has 0 spiro atoms. The topological polar surface area (TPSA) is 82.1 Å². The summed E-state index contributed by atoms with van der Waals surface area (Å²) in [6.07, 6.45) is 1.28. The average molecular weight is 349 g/mol. The highest BCUT2D eigenvalue weighted by Crippen LogP contribution is 2.29. The highest BCUT2D eigenvalue weighted by molar-refractivity contribution is 5.80. The Bertz CT molecular complexity index is 625. The second-order valence-electron chi connectivity index (χ2n) is 6.59. The first kappa shape index (κ1) is 18.9. The van der Waals surface area contributed by atoms with Crippen molar-refractivity contribution in [2.24, 2.45) is 5.92 Å². The van der Waals surface area contributed by atoms with Crippen LogP contribution in [-0.2, 0) is 4.79 Å². The summed E-state index contributed by atoms with van der Waals surface area (Å²) in [6, 6.07) is 4.60. The van der Waals surface area contributed by atoms with Gasteiger partial charge in [0.15, 0.2) is 0 Å². The van der Waals surface area contributed by atoms with Crippen LogP contribution in [0.25, 0.3) is 0 Å². The van der Waals surface area contributed by atoms with Crippen molar-refractivity contribution in [2.45, 2.75) is 25.8 Å². The summed E-state index contributed by atoms with van der Waals surface area (Å²) in [5, 5.41) is 13.0. The van der Waals surface area contributed by atoms with Crippen LogP contribution in [0, 0.1) is 5.92 Å². The number of hydrogen-bond donors (Lipinski definition) is 2. The number of piperidine rings is 1. The number of benzene rings is 1. The molecule has 25 heavy (non-hydrogen) atoms. The molecule has 3 amide bonds. The van der Waals surface area contributed by atoms with E-state index in [-0.39, 0.29) is 29.6 Å². The Morgan fingerprint density at radius 2 is 1.96 bits per heavy atom. The molecule has 1 aliphatic heterocycles. The lowest BCUT2D eigenvalue weighted by atomic mass is 9.95. The molecule has 7 heteroatoms. The summed E-state index contributed by atoms with van der Waals surface area (Å²) in [5.74, 6) is 0.581. The Labute approximate surface area is 148 Å². The van der Waals surface area contributed by atoms with Crippen LogP contribution < -0.4 is 10.1 Å². The summed E-state index contributed by atoms with van der Waals surface area (Å²) < 4.78 is 5.17. The van der Waals surface area contributed by atoms with Crippen LogP contribution in [0.3, 0.4) is 0 Å². The van der Waals surface area contributed by atoms with Gasteiger partial charge in [0.1, 0.15) is 11.5 Å². The number of ether oxygens (including phenoxy) is 1. The van der Waals surface area contributed by atoms with Crippen molar-refractivity contribution in [3.05, 3.63) is 23.8 Å². The third-order valence-corrected chi connectivity index (χ3v) is 4.58. The van der Waals surface area contributed by atoms with Crippen LogP contribution in [0.15, 0.2) is 18.2 Å². The minimum atomic E-state index is -0.330. The second kappa shape index (κ2) is 8.09. The van der Waals surface area contributed by atoms with E-state index < -0.39 is 0 Å². The Morgan fingerprint density at radius 1 is 1.32 bits per heavy atom. The zero-order valence-corrected chi connectivity index (χ0v) is 15.3. The van der Waals surface area contributed by atoms with Gasteiger partial charge in [-0.3, -0.25) is 4.79 Å². The summed E-state index contributed by atoms with van der Waals surface area (Å²) in [6.45, 7) is 2.98. The average Bonchev–Trinajstić information content (AvgIpc) is 2.61. The molecule has 1 saturated heterocycles. The summed E-state index contributed by atoms with van der Waals surface area (Å²) >= 11 is 0. The number of rotatable bonds is 4. The minimum Gasteiger partial charge on any atom is -0.508 e. The molecular weight excluding hydrogens is 322 g/mol. The van der Waals surface area contributed by atoms with Gasteiger partial charge in [0.2, 0.25) is 5.91 Å². The number of nitrogens with one attached hydrogen (secondary N) is 1. The molecular formula is C18H27N3O4. The van der Waals surface area contributed by atoms with E-state index in [4.69, 9.17) is 4.74 Å². The lowest BCUT2D eigenvalue weighted by molar-refractivity contribution is -0.126. The maximum absolute atomic E-state index is 12.5. The number of carbonyl (C=O) groups excluding carboxylic acids is 2. The van der Waals surface area contributed by atoms with Crippen LogP contribution in [0.5, 0.6) is 11.5 Å². The number of amides is 3. The normalized spacial score (nSPS) is 16.2. The third kappa shape index (κ3) is 4.55. The first-order valence-electron chi connectivity index (χ1n) is 8.47. The predicted molar refractivity (Wildman–Crippen MR) is 94.6 cm³/mol. The fourth-order valence-electron chi connectivity index (χ4n) is 3.03. The zero-order chi connectivity index (χ0) is 18.6. The van der Waals surface area contributed by atoms with Crippen LogP contribution in [-0.4, -0.2) is 61.1 Å². The van der Waals surface area contributed by atoms with Crippen molar-refractivity contribution in [3.63, 3.8) is 0 Å². The number of hydrogen-bond acceptors (Lipinski definition) is 4. The van der Waals surface area contributed by atoms with Gasteiger partial charge >= 0.3 is 6.03 Å². The van der Waals surface area contributed by atoms with Crippen molar-refractivity contribution in [1.29, 1.82) is 0 Å². The number of nitrogens with zero attached hydrogens (tertiary/aromatic N) is 2. The first-order chi connectivity index (χ1) is 11.8. The van der Waals surface area contributed by atoms with Gasteiger partial charge < -0.3 is 25.0 Å². The molecule has 2 rings (SSSR count). The SMILES string of the molecule is COc1ccc(O)c(C(C)NC(=O)C2CCN(C(=O)N(C)C)CC2)c1. The van der Waals surface area contributed by atoms with Crippen LogP contribution in [0.4, 0.5) is 4.79 Å². The van der Waals surface area contributed by atoms with E-state index in [0.29, 0.717) is 37.2 Å². The Hall–Kier alpha value is -2.44. The Morgan fingerprint density at radius 3 is 2.52 bits per heavy atom. The van der Waals surface area contributed by atoms with Crippen LogP contribution in [0.1, 0.15) is 31.4 Å². The molecule has 1 fully saturated rings. The maximum Gasteiger partial charge on any atom is 0.319 e. The van der Waals surface area contributed by atoms with Crippen molar-refractivity contribution < 1.29 is 19.4 Å². The number of phenols is 1. The molecule has 138 valence electrons. The van der Waals surface area contributed by atoms with Crippen molar-refractivity contribution in [1.82, 2.24) is 15.1 Å². The molecule has 7 nitrogen and oxygen atoms in total. The third-order valence-electron chi connectivity index (χ3n) is 4.58. The summed E-state index contributed by atoms with van der Waals surface area (Å²) in [5.41, 5.74) is 0.618. The van der Waals surface area contributed by atoms with E-state index in [9.17, 15) is 14.7 Å². The van der Waals surface area contributed by atoms with E-state index in [1.165, 1.54) is 0 Å². The Kier molecular flexibility index (Phi) is 6.12. The van der Waals surface area contributed by atoms with Gasteiger partial charge in [0, 0.05) is 38.7 Å². The van der Waals surface area contributed by atoms with Gasteiger partial charge in [0.25, 0.3) is 0 Å². The van der Waals surface area contributed by atoms with Crippen LogP contribution in [0.2, 0.25) is 0 Å². The molecule has 1 aromatic carbocycles. The molecule has 0 radical (unpaired) electrons. The Balaban J connectivity index is 1.93. The number of aromatic hydroxyl groups is 1. The monoisotopic (exact) mass is 349 g/mol. The smallest absolute Gasteiger partial charge is 0.319 e. The predicted octanol–water partition coefficient (Wildman–Crippen LogP) is 1.97. The lowest BCUT2D eigenvalue weighted by Gasteiger charge is -2.33. The number of carbonyl (C=O) groups is 2. The molecule has 1 atom stereocenters. The van der Waals surface area contributed by atoms with E-state index in [1.54, 1.807) is 49.2 Å². The fourth-order valence-corrected chi connectivity index (χ4v) is 3.03. The minimum absolute atomic E-state index is 0.0199. The van der Waals surface area contributed by atoms with Gasteiger partial charge in [-0.15, -0.1) is 0 Å². The molecule has 0 aromatic heterocycles. The van der Waals surface area contributed by atoms with Crippen molar-refractivity contribution in [2.75, 3.05) is 34.3 Å². The van der Waals surface area contributed by atoms with Gasteiger partial charge in [0.05, 0.1) is 13.2 Å². The summed E-state index contributed by atoms with van der Waals surface area (Å²) in [4.78, 5) is 27.8. The van der Waals surface area contributed by atoms with Crippen molar-refractivity contribution >= 4 is 11.9 Å². The van der Waals surface area contributed by atoms with Crippen LogP contribution >= 0.6 is 0 Å². The van der Waals surface area contributed by atoms with Gasteiger partial charge in [-0.25, -0.2) is 4.79 Å². The second-order valence-corrected chi connectivity index (χ2v) is 6.59. The molecule has 0 saturated carbocycles. The number of phenolic OH excluding ortho intramolecular Hbond substituents is 1. The number of likely N-dealkylation sites (tertiary alicyclic amines) is 1. The molecule has 0 aliphatic carbocycles. The molecule has 1 heterocycles. The molecule has 1 aliphatic rings. The quantitative estimate of drug-likeness (QED) is 0.871. The standard InChI is InChI=1S/C18H27N3O4/c1-12(15-11-14(25-4)5-6-16(15)22)19-17(23)13-7-9-21(10-8-13)18(24)20(2)3/h5-6,11-13,22H,7-10H2,1-4H3,(H,19,23). The molecule has 1 unspecified atom stereocenters. The number of urea groups is 1. The molecule has 1 aromatic rings. The lowest BCUT2D eigenvalue weighted by Crippen LogP contribution is -2.46. The van der Waals surface area contributed by atoms with Gasteiger partial charge in [-0.05, 0) is 38.0 Å². The van der Waals surface area contributed by atoms with Crippen molar-refractivity contribution in [3.8, 4) is 11.5 Å². The molecule has 2 N–H and O–H groups in total.